The molecule has 0 fully saturated rings. The summed E-state index contributed by atoms with van der Waals surface area (Å²) in [5.41, 5.74) is 27.5. The zero-order chi connectivity index (χ0) is 59.3. The third-order valence-corrected chi connectivity index (χ3v) is 22.6. The molecule has 2 aliphatic heterocycles. The zero-order valence-electron chi connectivity index (χ0n) is 54.5. The molecule has 5 heteroatoms. The van der Waals surface area contributed by atoms with Gasteiger partial charge in [-0.1, -0.05) is 181 Å². The van der Waals surface area contributed by atoms with Gasteiger partial charge in [-0.2, -0.15) is 0 Å². The van der Waals surface area contributed by atoms with Crippen molar-refractivity contribution < 1.29 is 4.42 Å². The Bertz CT molecular complexity index is 3730. The number of hydrogen-bond donors (Lipinski definition) is 0. The second-order valence-corrected chi connectivity index (χ2v) is 32.8. The minimum atomic E-state index is -0.167. The van der Waals surface area contributed by atoms with E-state index < -0.39 is 0 Å². The molecule has 1 aromatic heterocycles. The van der Waals surface area contributed by atoms with Crippen molar-refractivity contribution in [2.75, 3.05) is 14.7 Å². The van der Waals surface area contributed by atoms with E-state index in [1.54, 1.807) is 0 Å². The number of anilines is 9. The fraction of sp³-hybridized carbons (Fsp3) is 0.487. The van der Waals surface area contributed by atoms with Gasteiger partial charge in [-0.25, -0.2) is 0 Å². The molecular formula is C78H96BN3O. The Hall–Kier alpha value is -5.94. The van der Waals surface area contributed by atoms with E-state index >= 15 is 0 Å². The summed E-state index contributed by atoms with van der Waals surface area (Å²) < 4.78 is 8.03. The Morgan fingerprint density at radius 3 is 1.23 bits per heavy atom. The number of furan rings is 1. The molecule has 3 heterocycles. The van der Waals surface area contributed by atoms with E-state index in [-0.39, 0.29) is 50.0 Å². The molecule has 13 rings (SSSR count). The Morgan fingerprint density at radius 1 is 0.386 bits per heavy atom. The highest BCUT2D eigenvalue weighted by molar-refractivity contribution is 6.99. The monoisotopic (exact) mass is 1100 g/mol. The Balaban J connectivity index is 1.21. The van der Waals surface area contributed by atoms with Gasteiger partial charge in [0.15, 0.2) is 0 Å². The average Bonchev–Trinajstić information content (AvgIpc) is 2.55. The molecule has 0 bridgehead atoms. The fourth-order valence-corrected chi connectivity index (χ4v) is 16.4. The first-order valence-corrected chi connectivity index (χ1v) is 32.2. The van der Waals surface area contributed by atoms with E-state index in [9.17, 15) is 0 Å². The van der Waals surface area contributed by atoms with Crippen LogP contribution >= 0.6 is 0 Å². The van der Waals surface area contributed by atoms with Crippen LogP contribution in [0.3, 0.4) is 0 Å². The van der Waals surface area contributed by atoms with Gasteiger partial charge in [-0.3, -0.25) is 0 Å². The predicted molar refractivity (Wildman–Crippen MR) is 357 cm³/mol. The van der Waals surface area contributed by atoms with Crippen molar-refractivity contribution in [3.63, 3.8) is 0 Å². The van der Waals surface area contributed by atoms with Gasteiger partial charge >= 0.3 is 0 Å². The molecule has 0 spiro atoms. The fourth-order valence-electron chi connectivity index (χ4n) is 16.4. The van der Waals surface area contributed by atoms with Gasteiger partial charge < -0.3 is 19.1 Å². The topological polar surface area (TPSA) is 22.9 Å². The van der Waals surface area contributed by atoms with E-state index in [0.717, 1.165) is 67.0 Å². The van der Waals surface area contributed by atoms with E-state index in [4.69, 9.17) is 4.42 Å². The van der Waals surface area contributed by atoms with Gasteiger partial charge in [-0.05, 0) is 223 Å². The van der Waals surface area contributed by atoms with Gasteiger partial charge in [-0.15, -0.1) is 0 Å². The second-order valence-electron chi connectivity index (χ2n) is 32.8. The minimum Gasteiger partial charge on any atom is -0.472 e. The Labute approximate surface area is 501 Å². The van der Waals surface area contributed by atoms with E-state index in [1.807, 2.05) is 0 Å². The smallest absolute Gasteiger partial charge is 0.297 e. The van der Waals surface area contributed by atoms with Crippen LogP contribution in [0.15, 0.2) is 114 Å². The van der Waals surface area contributed by atoms with Crippen molar-refractivity contribution in [3.8, 4) is 0 Å². The molecule has 0 atom stereocenters. The second kappa shape index (κ2) is 18.3. The molecule has 4 nitrogen and oxygen atoms in total. The number of rotatable bonds is 7. The van der Waals surface area contributed by atoms with Crippen LogP contribution in [0.1, 0.15) is 258 Å². The first kappa shape index (κ1) is 56.2. The molecule has 0 unspecified atom stereocenters. The van der Waals surface area contributed by atoms with Crippen LogP contribution in [0.2, 0.25) is 0 Å². The normalized spacial score (nSPS) is 21.1. The molecule has 83 heavy (non-hydrogen) atoms. The lowest BCUT2D eigenvalue weighted by atomic mass is 9.35. The SMILES string of the molecule is CC(C)c1ccc(N(c2ccc(C(C)C)cc2)c2cc3c4c(c2)N(c2ccc5c(c2)C(C)(C)CCC5(C)C)c2c(oc5c2C(C)(C)CCC5(C)C)B4c2cc4c(cc2N3c2ccc3c(c2)C(C)(C)CCC3(C)C)C(C)(C)CCC4(C)C)cc1. The summed E-state index contributed by atoms with van der Waals surface area (Å²) in [4.78, 5) is 8.05. The molecule has 6 aliphatic rings. The summed E-state index contributed by atoms with van der Waals surface area (Å²) in [6, 6.07) is 44.7. The lowest BCUT2D eigenvalue weighted by Gasteiger charge is -2.48. The molecule has 0 N–H and O–H groups in total. The van der Waals surface area contributed by atoms with E-state index in [1.165, 1.54) is 108 Å². The number of hydrogen-bond acceptors (Lipinski definition) is 4. The minimum absolute atomic E-state index is 0.00449. The highest BCUT2D eigenvalue weighted by Gasteiger charge is 2.54. The summed E-state index contributed by atoms with van der Waals surface area (Å²) in [7, 11) is 0. The molecule has 6 aromatic carbocycles. The Morgan fingerprint density at radius 2 is 0.771 bits per heavy atom. The van der Waals surface area contributed by atoms with Gasteiger partial charge in [0, 0.05) is 50.8 Å². The molecule has 4 aliphatic carbocycles. The molecule has 0 amide bonds. The maximum atomic E-state index is 8.03. The van der Waals surface area contributed by atoms with Crippen molar-refractivity contribution in [1.82, 2.24) is 0 Å². The third-order valence-electron chi connectivity index (χ3n) is 22.6. The molecule has 7 aromatic rings. The highest BCUT2D eigenvalue weighted by atomic mass is 16.3. The van der Waals surface area contributed by atoms with Crippen molar-refractivity contribution in [2.45, 2.75) is 245 Å². The van der Waals surface area contributed by atoms with Crippen LogP contribution in [0.25, 0.3) is 0 Å². The van der Waals surface area contributed by atoms with Crippen LogP contribution in [-0.2, 0) is 43.3 Å². The van der Waals surface area contributed by atoms with Crippen molar-refractivity contribution in [1.29, 1.82) is 0 Å². The van der Waals surface area contributed by atoms with Gasteiger partial charge in [0.1, 0.15) is 5.76 Å². The third kappa shape index (κ3) is 8.62. The van der Waals surface area contributed by atoms with Gasteiger partial charge in [0.25, 0.3) is 6.71 Å². The van der Waals surface area contributed by atoms with Gasteiger partial charge in [0.2, 0.25) is 0 Å². The van der Waals surface area contributed by atoms with Crippen LogP contribution in [0.4, 0.5) is 51.2 Å². The van der Waals surface area contributed by atoms with Crippen LogP contribution in [0.5, 0.6) is 0 Å². The Kier molecular flexibility index (Phi) is 12.4. The molecule has 0 saturated carbocycles. The van der Waals surface area contributed by atoms with Crippen molar-refractivity contribution in [2.24, 2.45) is 0 Å². The predicted octanol–water partition coefficient (Wildman–Crippen LogP) is 20.5. The van der Waals surface area contributed by atoms with Crippen LogP contribution < -0.4 is 31.3 Å². The molecular weight excluding hydrogens is 1010 g/mol. The quantitative estimate of drug-likeness (QED) is 0.148. The largest absolute Gasteiger partial charge is 0.472 e. The molecule has 0 saturated heterocycles. The lowest BCUT2D eigenvalue weighted by molar-refractivity contribution is 0.282. The highest BCUT2D eigenvalue weighted by Crippen LogP contribution is 2.59. The first-order valence-electron chi connectivity index (χ1n) is 32.2. The van der Waals surface area contributed by atoms with Crippen molar-refractivity contribution >= 4 is 74.5 Å². The summed E-state index contributed by atoms with van der Waals surface area (Å²) in [6.07, 6.45) is 9.10. The zero-order valence-corrected chi connectivity index (χ0v) is 54.5. The summed E-state index contributed by atoms with van der Waals surface area (Å²) in [5, 5.41) is 0. The summed E-state index contributed by atoms with van der Waals surface area (Å²) >= 11 is 0. The number of benzene rings is 6. The first-order chi connectivity index (χ1) is 38.7. The molecule has 432 valence electrons. The van der Waals surface area contributed by atoms with E-state index in [2.05, 4.69) is 262 Å². The van der Waals surface area contributed by atoms with E-state index in [0.29, 0.717) is 11.8 Å². The number of nitrogens with zero attached hydrogens (tertiary/aromatic N) is 3. The number of fused-ring (bicyclic) bond motifs is 9. The maximum absolute atomic E-state index is 8.03. The van der Waals surface area contributed by atoms with Crippen LogP contribution in [0, 0.1) is 0 Å². The standard InChI is InChI=1S/C78H96BN3O/c1-47(2)49-21-25-51(26-22-49)80(52-27-23-50(24-28-52)48(3)4)55-43-64-67-65(44-55)82(54-30-32-57-59(42-54)74(11,12)36-34-72(57,7)8)68-66-69(78(19,20)40-39-77(66,17)18)83-70(68)79(67)62-45-60-61(76(15,16)38-37-75(60,13)14)46-63(62)81(64)53-29-31-56-58(41-53)73(9,10)35-33-71(56,5)6/h21-32,41-48H,33-40H2,1-20H3. The summed E-state index contributed by atoms with van der Waals surface area (Å²) in [5.74, 6) is 2.00. The lowest BCUT2D eigenvalue weighted by Crippen LogP contribution is -2.61. The average molecular weight is 1100 g/mol. The summed E-state index contributed by atoms with van der Waals surface area (Å²) in [6.45, 7) is 48.8. The van der Waals surface area contributed by atoms with Crippen LogP contribution in [-0.4, -0.2) is 6.71 Å². The van der Waals surface area contributed by atoms with Crippen molar-refractivity contribution in [3.05, 3.63) is 165 Å². The van der Waals surface area contributed by atoms with Gasteiger partial charge in [0.05, 0.1) is 17.0 Å². The maximum Gasteiger partial charge on any atom is 0.297 e. The molecule has 0 radical (unpaired) electrons.